The van der Waals surface area contributed by atoms with Crippen LogP contribution < -0.4 is 4.74 Å². The molecule has 1 heterocycles. The van der Waals surface area contributed by atoms with E-state index in [1.165, 1.54) is 12.1 Å². The lowest BCUT2D eigenvalue weighted by molar-refractivity contribution is -0.131. The van der Waals surface area contributed by atoms with E-state index in [9.17, 15) is 9.18 Å². The molecule has 146 valence electrons. The fraction of sp³-hybridized carbons (Fsp3) is 0.273. The Hall–Kier alpha value is -3.15. The van der Waals surface area contributed by atoms with Crippen molar-refractivity contribution in [2.45, 2.75) is 25.8 Å². The fourth-order valence-electron chi connectivity index (χ4n) is 2.89. The minimum absolute atomic E-state index is 0.00449. The van der Waals surface area contributed by atoms with E-state index in [0.717, 1.165) is 16.9 Å². The van der Waals surface area contributed by atoms with Crippen molar-refractivity contribution in [1.29, 1.82) is 0 Å². The first-order chi connectivity index (χ1) is 13.5. The van der Waals surface area contributed by atoms with Crippen LogP contribution in [-0.4, -0.2) is 29.9 Å². The van der Waals surface area contributed by atoms with Gasteiger partial charge in [-0.05, 0) is 48.9 Å². The average molecular weight is 382 g/mol. The van der Waals surface area contributed by atoms with Gasteiger partial charge in [0.1, 0.15) is 11.6 Å². The van der Waals surface area contributed by atoms with Gasteiger partial charge < -0.3 is 14.1 Å². The van der Waals surface area contributed by atoms with E-state index in [1.807, 2.05) is 31.2 Å². The monoisotopic (exact) mass is 382 g/mol. The Morgan fingerprint density at radius 2 is 1.86 bits per heavy atom. The zero-order valence-electron chi connectivity index (χ0n) is 16.2. The molecule has 2 aromatic carbocycles. The number of hydrogen-bond acceptors (Lipinski definition) is 4. The molecule has 0 spiro atoms. The first-order valence-corrected chi connectivity index (χ1v) is 9.08. The summed E-state index contributed by atoms with van der Waals surface area (Å²) in [5, 5.41) is 0. The highest BCUT2D eigenvalue weighted by molar-refractivity contribution is 5.76. The number of benzene rings is 2. The molecule has 0 saturated heterocycles. The predicted octanol–water partition coefficient (Wildman–Crippen LogP) is 4.64. The van der Waals surface area contributed by atoms with Crippen molar-refractivity contribution in [2.24, 2.45) is 0 Å². The van der Waals surface area contributed by atoms with Crippen molar-refractivity contribution in [1.82, 2.24) is 9.88 Å². The summed E-state index contributed by atoms with van der Waals surface area (Å²) in [6.07, 6.45) is 2.29. The average Bonchev–Trinajstić information content (AvgIpc) is 3.20. The van der Waals surface area contributed by atoms with Gasteiger partial charge in [-0.1, -0.05) is 12.1 Å². The van der Waals surface area contributed by atoms with Gasteiger partial charge in [0.25, 0.3) is 0 Å². The number of halogens is 1. The van der Waals surface area contributed by atoms with E-state index in [1.54, 1.807) is 37.4 Å². The normalized spacial score (nSPS) is 11.9. The molecule has 0 fully saturated rings. The molecule has 1 atom stereocenters. The highest BCUT2D eigenvalue weighted by Crippen LogP contribution is 2.24. The molecule has 1 aromatic heterocycles. The number of carbonyl (C=O) groups is 1. The number of methoxy groups -OCH3 is 1. The lowest BCUT2D eigenvalue weighted by Crippen LogP contribution is -2.29. The third-order valence-corrected chi connectivity index (χ3v) is 4.81. The van der Waals surface area contributed by atoms with Gasteiger partial charge in [-0.2, -0.15) is 0 Å². The standard InChI is InChI=1S/C22H23FN2O3/c1-15(16-6-10-19(27-3)11-7-16)25(2)22(26)13-12-21-24-14-20(28-21)17-4-8-18(23)9-5-17/h4-11,14-15H,12-13H2,1-3H3. The fourth-order valence-corrected chi connectivity index (χ4v) is 2.89. The van der Waals surface area contributed by atoms with Crippen molar-refractivity contribution in [2.75, 3.05) is 14.2 Å². The van der Waals surface area contributed by atoms with Crippen molar-refractivity contribution in [3.8, 4) is 17.1 Å². The zero-order chi connectivity index (χ0) is 20.1. The molecule has 5 nitrogen and oxygen atoms in total. The van der Waals surface area contributed by atoms with E-state index in [4.69, 9.17) is 9.15 Å². The number of nitrogens with zero attached hydrogens (tertiary/aromatic N) is 2. The van der Waals surface area contributed by atoms with Gasteiger partial charge >= 0.3 is 0 Å². The summed E-state index contributed by atoms with van der Waals surface area (Å²) in [5.41, 5.74) is 1.78. The van der Waals surface area contributed by atoms with E-state index in [-0.39, 0.29) is 17.8 Å². The Kier molecular flexibility index (Phi) is 6.09. The molecule has 28 heavy (non-hydrogen) atoms. The molecular weight excluding hydrogens is 359 g/mol. The van der Waals surface area contributed by atoms with E-state index >= 15 is 0 Å². The summed E-state index contributed by atoms with van der Waals surface area (Å²) in [4.78, 5) is 18.5. The molecular formula is C22H23FN2O3. The minimum Gasteiger partial charge on any atom is -0.497 e. The largest absolute Gasteiger partial charge is 0.497 e. The topological polar surface area (TPSA) is 55.6 Å². The number of aromatic nitrogens is 1. The Bertz CT molecular complexity index is 920. The van der Waals surface area contributed by atoms with Crippen LogP contribution in [0.15, 0.2) is 59.1 Å². The molecule has 0 bridgehead atoms. The Labute approximate surface area is 163 Å². The van der Waals surface area contributed by atoms with E-state index < -0.39 is 0 Å². The number of ether oxygens (including phenoxy) is 1. The van der Waals surface area contributed by atoms with E-state index in [2.05, 4.69) is 4.98 Å². The van der Waals surface area contributed by atoms with Crippen molar-refractivity contribution in [3.63, 3.8) is 0 Å². The third kappa shape index (κ3) is 4.57. The number of carbonyl (C=O) groups excluding carboxylic acids is 1. The van der Waals surface area contributed by atoms with E-state index in [0.29, 0.717) is 24.5 Å². The van der Waals surface area contributed by atoms with Gasteiger partial charge in [-0.3, -0.25) is 4.79 Å². The smallest absolute Gasteiger partial charge is 0.223 e. The molecule has 3 rings (SSSR count). The Balaban J connectivity index is 1.57. The van der Waals surface area contributed by atoms with Crippen LogP contribution in [0, 0.1) is 5.82 Å². The molecule has 0 aliphatic rings. The van der Waals surface area contributed by atoms with Gasteiger partial charge in [0.05, 0.1) is 19.3 Å². The first-order valence-electron chi connectivity index (χ1n) is 9.08. The lowest BCUT2D eigenvalue weighted by atomic mass is 10.1. The molecule has 0 N–H and O–H groups in total. The lowest BCUT2D eigenvalue weighted by Gasteiger charge is -2.25. The van der Waals surface area contributed by atoms with Crippen LogP contribution in [0.4, 0.5) is 4.39 Å². The maximum Gasteiger partial charge on any atom is 0.223 e. The summed E-state index contributed by atoms with van der Waals surface area (Å²) in [7, 11) is 3.41. The van der Waals surface area contributed by atoms with Crippen LogP contribution in [0.2, 0.25) is 0 Å². The molecule has 0 radical (unpaired) electrons. The first kappa shape index (κ1) is 19.6. The van der Waals surface area contributed by atoms with Crippen molar-refractivity contribution in [3.05, 3.63) is 72.0 Å². The SMILES string of the molecule is COc1ccc(C(C)N(C)C(=O)CCc2ncc(-c3ccc(F)cc3)o2)cc1. The quantitative estimate of drug-likeness (QED) is 0.597. The second-order valence-electron chi connectivity index (χ2n) is 6.58. The predicted molar refractivity (Wildman–Crippen MR) is 104 cm³/mol. The van der Waals surface area contributed by atoms with Gasteiger partial charge in [0, 0.05) is 25.5 Å². The van der Waals surface area contributed by atoms with Crippen molar-refractivity contribution < 1.29 is 18.3 Å². The number of rotatable bonds is 7. The summed E-state index contributed by atoms with van der Waals surface area (Å²) in [6.45, 7) is 1.98. The van der Waals surface area contributed by atoms with Gasteiger partial charge in [-0.25, -0.2) is 9.37 Å². The number of hydrogen-bond donors (Lipinski definition) is 0. The molecule has 6 heteroatoms. The molecule has 1 amide bonds. The highest BCUT2D eigenvalue weighted by Gasteiger charge is 2.18. The third-order valence-electron chi connectivity index (χ3n) is 4.81. The molecule has 3 aromatic rings. The van der Waals surface area contributed by atoms with Crippen LogP contribution in [0.25, 0.3) is 11.3 Å². The molecule has 0 aliphatic heterocycles. The number of oxazole rings is 1. The Morgan fingerprint density at radius 1 is 1.18 bits per heavy atom. The second kappa shape index (κ2) is 8.69. The Morgan fingerprint density at radius 3 is 2.50 bits per heavy atom. The number of aryl methyl sites for hydroxylation is 1. The van der Waals surface area contributed by atoms with Gasteiger partial charge in [0.2, 0.25) is 5.91 Å². The van der Waals surface area contributed by atoms with Crippen LogP contribution >= 0.6 is 0 Å². The summed E-state index contributed by atoms with van der Waals surface area (Å²) in [6, 6.07) is 13.6. The van der Waals surface area contributed by atoms with Crippen LogP contribution in [0.3, 0.4) is 0 Å². The van der Waals surface area contributed by atoms with Crippen LogP contribution in [0.5, 0.6) is 5.75 Å². The zero-order valence-corrected chi connectivity index (χ0v) is 16.2. The summed E-state index contributed by atoms with van der Waals surface area (Å²) in [5.74, 6) is 1.53. The van der Waals surface area contributed by atoms with Crippen LogP contribution in [0.1, 0.15) is 30.8 Å². The molecule has 0 saturated carbocycles. The molecule has 0 aliphatic carbocycles. The van der Waals surface area contributed by atoms with Gasteiger partial charge in [-0.15, -0.1) is 0 Å². The minimum atomic E-state index is -0.303. The van der Waals surface area contributed by atoms with Crippen molar-refractivity contribution >= 4 is 5.91 Å². The second-order valence-corrected chi connectivity index (χ2v) is 6.58. The summed E-state index contributed by atoms with van der Waals surface area (Å²) >= 11 is 0. The molecule has 1 unspecified atom stereocenters. The maximum absolute atomic E-state index is 13.0. The maximum atomic E-state index is 13.0. The number of amides is 1. The highest BCUT2D eigenvalue weighted by atomic mass is 19.1. The van der Waals surface area contributed by atoms with Gasteiger partial charge in [0.15, 0.2) is 11.7 Å². The van der Waals surface area contributed by atoms with Crippen LogP contribution in [-0.2, 0) is 11.2 Å². The summed E-state index contributed by atoms with van der Waals surface area (Å²) < 4.78 is 23.9.